The molecule has 29 heteroatoms. The van der Waals surface area contributed by atoms with E-state index < -0.39 is 45.2 Å². The summed E-state index contributed by atoms with van der Waals surface area (Å²) in [6.07, 6.45) is 9.57. The highest BCUT2D eigenvalue weighted by atomic mass is 35.5. The van der Waals surface area contributed by atoms with Gasteiger partial charge < -0.3 is 63.6 Å². The summed E-state index contributed by atoms with van der Waals surface area (Å²) in [7, 11) is 1.28. The fourth-order valence-electron chi connectivity index (χ4n) is 18.6. The highest BCUT2D eigenvalue weighted by Gasteiger charge is 2.63. The van der Waals surface area contributed by atoms with E-state index in [1.165, 1.54) is 43.7 Å². The second kappa shape index (κ2) is 44.2. The van der Waals surface area contributed by atoms with E-state index in [2.05, 4.69) is 82.1 Å². The molecule has 9 aliphatic rings. The first-order valence-corrected chi connectivity index (χ1v) is 46.6. The summed E-state index contributed by atoms with van der Waals surface area (Å²) < 4.78 is 31.2. The molecule has 0 aliphatic carbocycles. The molecular formula is C97H142Cl4N10O15. The zero-order valence-corrected chi connectivity index (χ0v) is 81.7. The van der Waals surface area contributed by atoms with Crippen LogP contribution >= 0.6 is 46.4 Å². The third-order valence-corrected chi connectivity index (χ3v) is 26.4. The van der Waals surface area contributed by atoms with Crippen LogP contribution in [0.4, 0.5) is 19.2 Å². The molecule has 698 valence electrons. The molecule has 4 aromatic rings. The highest BCUT2D eigenvalue weighted by Crippen LogP contribution is 2.59. The number of amides is 6. The fourth-order valence-corrected chi connectivity index (χ4v) is 19.1. The first-order valence-electron chi connectivity index (χ1n) is 45.1. The Kier molecular flexibility index (Phi) is 36.4. The van der Waals surface area contributed by atoms with Crippen LogP contribution in [0.15, 0.2) is 102 Å². The van der Waals surface area contributed by atoms with Gasteiger partial charge in [0.1, 0.15) is 22.4 Å². The third kappa shape index (κ3) is 26.8. The molecule has 2 N–H and O–H groups in total. The number of carbonyl (C=O) groups is 8. The normalized spacial score (nSPS) is 21.7. The average Bonchev–Trinajstić information content (AvgIpc) is 0.706. The molecule has 6 unspecified atom stereocenters. The van der Waals surface area contributed by atoms with Crippen molar-refractivity contribution in [1.82, 2.24) is 44.9 Å². The second-order valence-electron chi connectivity index (χ2n) is 39.9. The minimum atomic E-state index is -0.697. The van der Waals surface area contributed by atoms with Gasteiger partial charge >= 0.3 is 36.3 Å². The van der Waals surface area contributed by atoms with E-state index in [0.717, 1.165) is 73.2 Å². The second-order valence-corrected chi connectivity index (χ2v) is 41.7. The quantitative estimate of drug-likeness (QED) is 0.0414. The Labute approximate surface area is 769 Å². The predicted molar refractivity (Wildman–Crippen MR) is 494 cm³/mol. The van der Waals surface area contributed by atoms with E-state index in [1.807, 2.05) is 193 Å². The van der Waals surface area contributed by atoms with E-state index in [4.69, 9.17) is 70.1 Å². The molecule has 6 amide bonds. The van der Waals surface area contributed by atoms with E-state index in [0.29, 0.717) is 124 Å². The number of isocyanates is 1. The molecule has 0 bridgehead atoms. The summed E-state index contributed by atoms with van der Waals surface area (Å²) in [6, 6.07) is 33.7. The Morgan fingerprint density at radius 3 is 1.12 bits per heavy atom. The summed E-state index contributed by atoms with van der Waals surface area (Å²) in [4.78, 5) is 124. The van der Waals surface area contributed by atoms with Gasteiger partial charge in [-0.25, -0.2) is 28.8 Å². The Hall–Kier alpha value is -7.74. The van der Waals surface area contributed by atoms with E-state index in [9.17, 15) is 43.2 Å². The summed E-state index contributed by atoms with van der Waals surface area (Å²) in [5.41, 5.74) is 2.88. The molecule has 6 atom stereocenters. The first-order chi connectivity index (χ1) is 59.0. The van der Waals surface area contributed by atoms with Crippen LogP contribution in [0.5, 0.6) is 0 Å². The van der Waals surface area contributed by atoms with Gasteiger partial charge in [0, 0.05) is 127 Å². The van der Waals surface area contributed by atoms with Gasteiger partial charge in [0.2, 0.25) is 17.9 Å². The lowest BCUT2D eigenvalue weighted by molar-refractivity contribution is -0.184. The van der Waals surface area contributed by atoms with Gasteiger partial charge in [0.25, 0.3) is 0 Å². The predicted octanol–water partition coefficient (Wildman–Crippen LogP) is 19.9. The number of aliphatic imine (C=N–C) groups is 1. The van der Waals surface area contributed by atoms with E-state index in [-0.39, 0.29) is 77.5 Å². The Morgan fingerprint density at radius 1 is 0.468 bits per heavy atom. The number of nitrogens with zero attached hydrogens (tertiary/aromatic N) is 8. The minimum Gasteiger partial charge on any atom is -0.467 e. The van der Waals surface area contributed by atoms with Crippen LogP contribution in [0.25, 0.3) is 0 Å². The van der Waals surface area contributed by atoms with Crippen LogP contribution in [-0.4, -0.2) is 227 Å². The number of esters is 2. The van der Waals surface area contributed by atoms with Crippen molar-refractivity contribution in [2.75, 3.05) is 92.3 Å². The number of ether oxygens (including phenoxy) is 6. The molecule has 126 heavy (non-hydrogen) atoms. The van der Waals surface area contributed by atoms with Gasteiger partial charge in [0.05, 0.1) is 42.5 Å². The zero-order chi connectivity index (χ0) is 93.4. The fraction of sp³-hybridized carbons (Fsp3) is 0.660. The molecule has 4 spiro atoms. The zero-order valence-electron chi connectivity index (χ0n) is 78.7. The van der Waals surface area contributed by atoms with Crippen LogP contribution in [0.2, 0.25) is 20.1 Å². The van der Waals surface area contributed by atoms with Gasteiger partial charge in [-0.1, -0.05) is 115 Å². The van der Waals surface area contributed by atoms with Crippen molar-refractivity contribution in [2.45, 2.75) is 287 Å². The number of β-lactam (4-membered cyclic amide) rings is 2. The molecule has 9 saturated heterocycles. The monoisotopic (exact) mass is 1830 g/mol. The number of piperidine rings is 5. The van der Waals surface area contributed by atoms with Crippen molar-refractivity contribution < 1.29 is 71.6 Å². The lowest BCUT2D eigenvalue weighted by Crippen LogP contribution is -2.68. The van der Waals surface area contributed by atoms with Crippen molar-refractivity contribution in [3.8, 4) is 0 Å². The number of rotatable bonds is 13. The lowest BCUT2D eigenvalue weighted by atomic mass is 9.62. The Morgan fingerprint density at radius 2 is 0.802 bits per heavy atom. The van der Waals surface area contributed by atoms with Crippen molar-refractivity contribution in [2.24, 2.45) is 38.5 Å². The van der Waals surface area contributed by atoms with E-state index in [1.54, 1.807) is 21.6 Å². The molecule has 13 rings (SSSR count). The van der Waals surface area contributed by atoms with Crippen molar-refractivity contribution in [1.29, 1.82) is 0 Å². The standard InChI is InChI=1S/C21H29ClN2O3.C21H31ClN2O2.C18H23ClN2O3.C16H23ClN2.C13H23NO4.C8H13NO3/c1-14(2)24-17(15-6-8-16(22)9-7-15)21(18(24)25)10-12-23(13-11-21)19(26)27-20(3,4)5;1-15(2)24-14-21(18(24)16-6-8-17(22)9-7-16)10-12-23(13-11-21)19(25)26-20(3,4)5;1-17(2,3)24-16(23)21-10-8-18(9-11-21)14(20-15(18)22)12-4-6-13(19)7-5-12;1-12(2)19-11-16(7-9-18-10-8-16)15(19)13-3-5-14(17)6-4-13;1-5-17-11(15)10-6-8-14(9-7-10)12(16)18-13(2,3)4;1-4-6(2)7(9-5-10)8(11)12-3/h6-9,14,17H,10-13H2,1-5H3;6-9,15,18H,10-14H2,1-5H3;4-7,14H,8-11H2,1-3H3,(H,20,22);3-6,12,15,18H,7-11H2,1-2H3;10H,5-9H2,1-4H3;6-7H,4H2,1-3H3. The van der Waals surface area contributed by atoms with Gasteiger partial charge in [-0.15, -0.1) is 0 Å². The van der Waals surface area contributed by atoms with Crippen LogP contribution < -0.4 is 10.6 Å². The summed E-state index contributed by atoms with van der Waals surface area (Å²) in [5, 5.41) is 9.47. The summed E-state index contributed by atoms with van der Waals surface area (Å²) in [5.74, 6) is -0.427. The van der Waals surface area contributed by atoms with E-state index >= 15 is 0 Å². The topological polar surface area (TPSA) is 268 Å². The van der Waals surface area contributed by atoms with Crippen molar-refractivity contribution >= 4 is 101 Å². The Bertz CT molecular complexity index is 4310. The van der Waals surface area contributed by atoms with Crippen LogP contribution in [-0.2, 0) is 52.4 Å². The first kappa shape index (κ1) is 104. The highest BCUT2D eigenvalue weighted by molar-refractivity contribution is 6.31. The molecule has 9 fully saturated rings. The summed E-state index contributed by atoms with van der Waals surface area (Å²) in [6.45, 7) is 51.1. The van der Waals surface area contributed by atoms with Crippen LogP contribution in [0, 0.1) is 33.5 Å². The molecule has 0 radical (unpaired) electrons. The SMILES string of the molecule is CC(C)(C)OC(=O)N1CCC2(CC1)C(=O)NC2c1ccc(Cl)cc1.CC(C)N1C(=O)C2(CCN(C(=O)OC(C)(C)C)CC2)C1c1ccc(Cl)cc1.CC(C)N1CC2(CCN(C(=O)OC(C)(C)C)CC2)C1c1ccc(Cl)cc1.CC(C)N1CC2(CCNCC2)C1c1ccc(Cl)cc1.CCC(C)C(N=C=O)C(=O)OC.CCOC(=O)C1CCN(C(=O)OC(C)(C)C)CC1. The van der Waals surface area contributed by atoms with Gasteiger partial charge in [-0.2, -0.15) is 4.99 Å². The number of benzene rings is 4. The van der Waals surface area contributed by atoms with Crippen LogP contribution in [0.1, 0.15) is 262 Å². The molecule has 9 aliphatic heterocycles. The Balaban J connectivity index is 0.000000190. The van der Waals surface area contributed by atoms with Gasteiger partial charge in [-0.05, 0) is 286 Å². The largest absolute Gasteiger partial charge is 0.467 e. The molecule has 0 aromatic heterocycles. The number of hydrogen-bond acceptors (Lipinski definition) is 19. The smallest absolute Gasteiger partial charge is 0.410 e. The third-order valence-electron chi connectivity index (χ3n) is 25.4. The number of likely N-dealkylation sites (tertiary alicyclic amines) is 7. The number of nitrogens with one attached hydrogen (secondary N) is 2. The number of carbonyl (C=O) groups excluding carboxylic acids is 9. The number of methoxy groups -OCH3 is 1. The summed E-state index contributed by atoms with van der Waals surface area (Å²) >= 11 is 24.1. The van der Waals surface area contributed by atoms with Gasteiger partial charge in [0.15, 0.2) is 6.04 Å². The van der Waals surface area contributed by atoms with Crippen molar-refractivity contribution in [3.05, 3.63) is 139 Å². The molecular weight excluding hydrogens is 1690 g/mol. The molecule has 4 aromatic carbocycles. The molecule has 25 nitrogen and oxygen atoms in total. The maximum Gasteiger partial charge on any atom is 0.410 e. The minimum absolute atomic E-state index is 0.0111. The number of hydrogen-bond donors (Lipinski definition) is 2. The molecule has 9 heterocycles. The molecule has 0 saturated carbocycles. The maximum atomic E-state index is 13.1. The van der Waals surface area contributed by atoms with Crippen LogP contribution in [0.3, 0.4) is 0 Å². The average molecular weight is 1830 g/mol. The van der Waals surface area contributed by atoms with Gasteiger partial charge in [-0.3, -0.25) is 24.2 Å². The van der Waals surface area contributed by atoms with Crippen molar-refractivity contribution in [3.63, 3.8) is 0 Å². The lowest BCUT2D eigenvalue weighted by Gasteiger charge is -2.62. The number of halogens is 4. The maximum absolute atomic E-state index is 13.1.